The highest BCUT2D eigenvalue weighted by molar-refractivity contribution is 8.13. The van der Waals surface area contributed by atoms with Gasteiger partial charge in [-0.2, -0.15) is 0 Å². The highest BCUT2D eigenvalue weighted by Crippen LogP contribution is 2.19. The van der Waals surface area contributed by atoms with Gasteiger partial charge < -0.3 is 5.32 Å². The number of unbranched alkanes of at least 4 members (excludes halogenated alkanes) is 10. The topological polar surface area (TPSA) is 35.9 Å². The molecule has 0 bridgehead atoms. The third-order valence-corrected chi connectivity index (χ3v) is 6.76. The zero-order chi connectivity index (χ0) is 20.9. The zero-order valence-electron chi connectivity index (χ0n) is 19.2. The van der Waals surface area contributed by atoms with Crippen molar-refractivity contribution in [2.45, 2.75) is 135 Å². The molecule has 0 fully saturated rings. The molecule has 0 aromatic rings. The maximum atomic E-state index is 7.57. The lowest BCUT2D eigenvalue weighted by Gasteiger charge is -2.20. The largest absolute Gasteiger partial charge is 0.314 e. The van der Waals surface area contributed by atoms with Crippen LogP contribution in [0.4, 0.5) is 0 Å². The minimum atomic E-state index is 0.335. The Morgan fingerprint density at radius 3 is 1.93 bits per heavy atom. The van der Waals surface area contributed by atoms with Crippen molar-refractivity contribution in [2.24, 2.45) is 0 Å². The molecule has 0 aliphatic rings. The highest BCUT2D eigenvalue weighted by Gasteiger charge is 2.12. The van der Waals surface area contributed by atoms with Gasteiger partial charge in [0.2, 0.25) is 0 Å². The molecule has 0 aliphatic carbocycles. The van der Waals surface area contributed by atoms with Gasteiger partial charge >= 0.3 is 0 Å². The molecule has 2 atom stereocenters. The van der Waals surface area contributed by atoms with Crippen LogP contribution >= 0.6 is 23.4 Å². The summed E-state index contributed by atoms with van der Waals surface area (Å²) in [5.41, 5.74) is 0. The Bertz CT molecular complexity index is 339. The van der Waals surface area contributed by atoms with Gasteiger partial charge in [0.05, 0.1) is 5.04 Å². The smallest absolute Gasteiger partial charge is 0.0610 e. The quantitative estimate of drug-likeness (QED) is 0.0823. The lowest BCUT2D eigenvalue weighted by atomic mass is 10.0. The third-order valence-electron chi connectivity index (χ3n) is 5.45. The van der Waals surface area contributed by atoms with Crippen LogP contribution in [-0.2, 0) is 0 Å². The van der Waals surface area contributed by atoms with E-state index >= 15 is 0 Å². The maximum absolute atomic E-state index is 7.57. The van der Waals surface area contributed by atoms with E-state index in [4.69, 9.17) is 17.0 Å². The molecule has 0 heterocycles. The summed E-state index contributed by atoms with van der Waals surface area (Å²) < 4.78 is 0. The van der Waals surface area contributed by atoms with Crippen LogP contribution in [0.1, 0.15) is 124 Å². The van der Waals surface area contributed by atoms with E-state index in [0.29, 0.717) is 11.4 Å². The Balaban J connectivity index is 3.70. The number of alkyl halides is 1. The average Bonchev–Trinajstić information content (AvgIpc) is 2.67. The van der Waals surface area contributed by atoms with Gasteiger partial charge in [0.25, 0.3) is 0 Å². The van der Waals surface area contributed by atoms with E-state index in [1.165, 1.54) is 89.9 Å². The van der Waals surface area contributed by atoms with Crippen LogP contribution in [-0.4, -0.2) is 28.8 Å². The van der Waals surface area contributed by atoms with E-state index in [2.05, 4.69) is 19.2 Å². The second-order valence-electron chi connectivity index (χ2n) is 8.34. The number of thioether (sulfide) groups is 1. The fourth-order valence-electron chi connectivity index (χ4n) is 3.57. The summed E-state index contributed by atoms with van der Waals surface area (Å²) in [5, 5.41) is 12.3. The molecule has 0 saturated carbocycles. The first-order chi connectivity index (χ1) is 13.6. The van der Waals surface area contributed by atoms with Crippen LogP contribution in [0, 0.1) is 5.41 Å². The summed E-state index contributed by atoms with van der Waals surface area (Å²) in [7, 11) is 0. The summed E-state index contributed by atoms with van der Waals surface area (Å²) >= 11 is 8.29. The number of halogens is 1. The van der Waals surface area contributed by atoms with Crippen molar-refractivity contribution in [1.82, 2.24) is 5.32 Å². The minimum absolute atomic E-state index is 0.335. The molecule has 0 aromatic carbocycles. The Labute approximate surface area is 186 Å². The summed E-state index contributed by atoms with van der Waals surface area (Å²) in [6, 6.07) is 0.562. The van der Waals surface area contributed by atoms with Gasteiger partial charge in [-0.1, -0.05) is 84.5 Å². The molecule has 0 saturated heterocycles. The number of hydrogen-bond acceptors (Lipinski definition) is 3. The van der Waals surface area contributed by atoms with Gasteiger partial charge in [0, 0.05) is 17.2 Å². The Morgan fingerprint density at radius 2 is 1.36 bits per heavy atom. The van der Waals surface area contributed by atoms with Crippen LogP contribution in [0.15, 0.2) is 0 Å². The summed E-state index contributed by atoms with van der Waals surface area (Å²) in [5.74, 6) is 1.05. The fourth-order valence-corrected chi connectivity index (χ4v) is 4.55. The maximum Gasteiger partial charge on any atom is 0.0610 e. The monoisotopic (exact) mass is 432 g/mol. The molecule has 2 nitrogen and oxygen atoms in total. The second-order valence-corrected chi connectivity index (χ2v) is 10.3. The zero-order valence-corrected chi connectivity index (χ0v) is 20.7. The molecule has 0 aromatic heterocycles. The molecule has 0 spiro atoms. The van der Waals surface area contributed by atoms with Gasteiger partial charge in [-0.15, -0.1) is 23.4 Å². The van der Waals surface area contributed by atoms with Crippen molar-refractivity contribution < 1.29 is 0 Å². The third kappa shape index (κ3) is 21.0. The molecular weight excluding hydrogens is 384 g/mol. The molecule has 0 aliphatic heterocycles. The normalized spacial score (nSPS) is 13.6. The van der Waals surface area contributed by atoms with Crippen LogP contribution in [0.3, 0.4) is 0 Å². The lowest BCUT2D eigenvalue weighted by molar-refractivity contribution is 0.441. The Hall–Kier alpha value is 0.270. The van der Waals surface area contributed by atoms with Gasteiger partial charge in [0.1, 0.15) is 0 Å². The molecule has 4 heteroatoms. The van der Waals surface area contributed by atoms with Gasteiger partial charge in [0.15, 0.2) is 0 Å². The number of nitrogens with one attached hydrogen (secondary N) is 2. The van der Waals surface area contributed by atoms with Crippen molar-refractivity contribution in [3.8, 4) is 0 Å². The van der Waals surface area contributed by atoms with Crippen LogP contribution in [0.2, 0.25) is 0 Å². The summed E-state index contributed by atoms with van der Waals surface area (Å²) in [4.78, 5) is 0. The van der Waals surface area contributed by atoms with Crippen molar-refractivity contribution in [2.75, 3.05) is 12.3 Å². The fraction of sp³-hybridized carbons (Fsp3) is 0.958. The van der Waals surface area contributed by atoms with E-state index in [9.17, 15) is 0 Å². The van der Waals surface area contributed by atoms with Gasteiger partial charge in [-0.25, -0.2) is 0 Å². The van der Waals surface area contributed by atoms with Crippen molar-refractivity contribution >= 4 is 28.4 Å². The minimum Gasteiger partial charge on any atom is -0.314 e. The predicted molar refractivity (Wildman–Crippen MR) is 133 cm³/mol. The standard InChI is InChI=1S/C24H49ClN2S/c1-4-6-8-9-10-11-12-13-14-15-16-23(25)17-18-24(27-20-7-5-2)19-21-28-22(3)26/h23-24,26-27H,4-21H2,1-3H3. The number of hydrogen-bond donors (Lipinski definition) is 2. The Kier molecular flexibility index (Phi) is 22.2. The highest BCUT2D eigenvalue weighted by atomic mass is 35.5. The summed E-state index contributed by atoms with van der Waals surface area (Å²) in [6.45, 7) is 7.52. The van der Waals surface area contributed by atoms with Gasteiger partial charge in [-0.05, 0) is 45.6 Å². The lowest BCUT2D eigenvalue weighted by Crippen LogP contribution is -2.31. The van der Waals surface area contributed by atoms with E-state index in [-0.39, 0.29) is 0 Å². The molecule has 0 radical (unpaired) electrons. The van der Waals surface area contributed by atoms with E-state index in [0.717, 1.165) is 30.2 Å². The molecule has 2 unspecified atom stereocenters. The van der Waals surface area contributed by atoms with Gasteiger partial charge in [-0.3, -0.25) is 5.41 Å². The van der Waals surface area contributed by atoms with Crippen molar-refractivity contribution in [3.05, 3.63) is 0 Å². The average molecular weight is 433 g/mol. The molecule has 168 valence electrons. The molecule has 28 heavy (non-hydrogen) atoms. The SMILES string of the molecule is CCCCCCCCCCCCC(Cl)CCC(CCSC(C)=N)NCCCC. The van der Waals surface area contributed by atoms with E-state index < -0.39 is 0 Å². The van der Waals surface area contributed by atoms with Crippen LogP contribution < -0.4 is 5.32 Å². The van der Waals surface area contributed by atoms with E-state index in [1.54, 1.807) is 11.8 Å². The Morgan fingerprint density at radius 1 is 0.786 bits per heavy atom. The molecule has 0 rings (SSSR count). The van der Waals surface area contributed by atoms with E-state index in [1.807, 2.05) is 6.92 Å². The van der Waals surface area contributed by atoms with Crippen molar-refractivity contribution in [1.29, 1.82) is 5.41 Å². The van der Waals surface area contributed by atoms with Crippen LogP contribution in [0.25, 0.3) is 0 Å². The van der Waals surface area contributed by atoms with Crippen molar-refractivity contribution in [3.63, 3.8) is 0 Å². The molecular formula is C24H49ClN2S. The first kappa shape index (κ1) is 28.3. The first-order valence-electron chi connectivity index (χ1n) is 12.2. The first-order valence-corrected chi connectivity index (χ1v) is 13.6. The molecule has 2 N–H and O–H groups in total. The molecule has 0 amide bonds. The predicted octanol–water partition coefficient (Wildman–Crippen LogP) is 8.56. The second kappa shape index (κ2) is 22.0. The summed E-state index contributed by atoms with van der Waals surface area (Å²) in [6.07, 6.45) is 21.0. The van der Waals surface area contributed by atoms with Crippen LogP contribution in [0.5, 0.6) is 0 Å². The number of rotatable bonds is 21.